The van der Waals surface area contributed by atoms with Crippen molar-refractivity contribution in [3.8, 4) is 16.5 Å². The monoisotopic (exact) mass is 515 g/mol. The first kappa shape index (κ1) is 24.0. The number of aromatic nitrogens is 3. The fraction of sp³-hybridized carbons (Fsp3) is 0.375. The largest absolute Gasteiger partial charge is 0.501 e. The van der Waals surface area contributed by atoms with Crippen LogP contribution in [0.3, 0.4) is 0 Å². The van der Waals surface area contributed by atoms with Crippen molar-refractivity contribution < 1.29 is 14.2 Å². The van der Waals surface area contributed by atoms with E-state index in [1.54, 1.807) is 24.5 Å². The third-order valence-corrected chi connectivity index (χ3v) is 7.78. The van der Waals surface area contributed by atoms with Gasteiger partial charge in [-0.2, -0.15) is 0 Å². The van der Waals surface area contributed by atoms with Crippen molar-refractivity contribution in [2.75, 3.05) is 40.4 Å². The van der Waals surface area contributed by atoms with Gasteiger partial charge >= 0.3 is 5.56 Å². The summed E-state index contributed by atoms with van der Waals surface area (Å²) in [6, 6.07) is 4.82. The Morgan fingerprint density at radius 1 is 1.17 bits per heavy atom. The SMILES string of the molecule is CN(C)Cc1cc(F)ccc1Cc1cnc(-c2nc3sc(CN4CCOCC4)cn3c(=O)c2O)s1. The number of aromatic hydroxyl groups is 1. The van der Waals surface area contributed by atoms with Crippen LogP contribution in [0.25, 0.3) is 15.7 Å². The van der Waals surface area contributed by atoms with E-state index in [0.29, 0.717) is 42.7 Å². The number of hydrogen-bond acceptors (Lipinski definition) is 9. The molecule has 1 saturated heterocycles. The molecule has 0 spiro atoms. The van der Waals surface area contributed by atoms with Gasteiger partial charge in [0.25, 0.3) is 0 Å². The Morgan fingerprint density at radius 2 is 1.97 bits per heavy atom. The molecule has 1 aliphatic heterocycles. The molecule has 1 aliphatic rings. The van der Waals surface area contributed by atoms with Crippen molar-refractivity contribution >= 4 is 27.6 Å². The standard InChI is InChI=1S/C24H26FN5O3S2/c1-28(2)12-16-9-17(25)4-3-15(16)10-18-11-26-22(34-18)20-21(31)23(32)30-14-19(35-24(30)27-20)13-29-5-7-33-8-6-29/h3-4,9,11,14,31H,5-8,10,12-13H2,1-2H3. The van der Waals surface area contributed by atoms with E-state index in [2.05, 4.69) is 14.9 Å². The Bertz CT molecular complexity index is 1410. The molecule has 1 N–H and O–H groups in total. The maximum absolute atomic E-state index is 13.8. The van der Waals surface area contributed by atoms with Crippen molar-refractivity contribution in [3.63, 3.8) is 0 Å². The van der Waals surface area contributed by atoms with E-state index in [0.717, 1.165) is 34.0 Å². The summed E-state index contributed by atoms with van der Waals surface area (Å²) in [5.74, 6) is -0.670. The summed E-state index contributed by atoms with van der Waals surface area (Å²) in [4.78, 5) is 28.6. The average molecular weight is 516 g/mol. The molecule has 0 unspecified atom stereocenters. The fourth-order valence-electron chi connectivity index (χ4n) is 4.12. The number of ether oxygens (including phenoxy) is 1. The van der Waals surface area contributed by atoms with Gasteiger partial charge in [0.1, 0.15) is 16.5 Å². The molecule has 4 heterocycles. The zero-order chi connectivity index (χ0) is 24.5. The van der Waals surface area contributed by atoms with Gasteiger partial charge in [-0.3, -0.25) is 14.1 Å². The van der Waals surface area contributed by atoms with Crippen LogP contribution < -0.4 is 5.56 Å². The Kier molecular flexibility index (Phi) is 6.94. The third kappa shape index (κ3) is 5.29. The van der Waals surface area contributed by atoms with E-state index in [4.69, 9.17) is 4.74 Å². The molecule has 0 bridgehead atoms. The van der Waals surface area contributed by atoms with E-state index >= 15 is 0 Å². The Balaban J connectivity index is 1.42. The molecule has 0 aliphatic carbocycles. The predicted molar refractivity (Wildman–Crippen MR) is 135 cm³/mol. The second kappa shape index (κ2) is 10.1. The van der Waals surface area contributed by atoms with E-state index < -0.39 is 11.3 Å². The maximum Gasteiger partial charge on any atom is 0.301 e. The minimum absolute atomic E-state index is 0.193. The van der Waals surface area contributed by atoms with Crippen LogP contribution in [0.5, 0.6) is 5.75 Å². The van der Waals surface area contributed by atoms with Crippen molar-refractivity contribution in [2.24, 2.45) is 0 Å². The number of hydrogen-bond donors (Lipinski definition) is 1. The van der Waals surface area contributed by atoms with Crippen LogP contribution in [-0.4, -0.2) is 69.7 Å². The van der Waals surface area contributed by atoms with E-state index in [1.807, 2.05) is 19.0 Å². The highest BCUT2D eigenvalue weighted by molar-refractivity contribution is 7.17. The number of thiazole rings is 2. The molecule has 8 nitrogen and oxygen atoms in total. The minimum Gasteiger partial charge on any atom is -0.501 e. The summed E-state index contributed by atoms with van der Waals surface area (Å²) in [6.07, 6.45) is 4.05. The van der Waals surface area contributed by atoms with Gasteiger partial charge < -0.3 is 14.7 Å². The van der Waals surface area contributed by atoms with E-state index in [1.165, 1.54) is 33.1 Å². The van der Waals surface area contributed by atoms with Crippen LogP contribution >= 0.6 is 22.7 Å². The fourth-order valence-corrected chi connectivity index (χ4v) is 6.06. The maximum atomic E-state index is 13.8. The number of halogens is 1. The number of fused-ring (bicyclic) bond motifs is 1. The second-order valence-corrected chi connectivity index (χ2v) is 11.0. The quantitative estimate of drug-likeness (QED) is 0.405. The molecule has 184 valence electrons. The molecule has 3 aromatic heterocycles. The Hall–Kier alpha value is -2.70. The summed E-state index contributed by atoms with van der Waals surface area (Å²) >= 11 is 2.81. The second-order valence-electron chi connectivity index (χ2n) is 8.81. The normalized spacial score (nSPS) is 14.9. The highest BCUT2D eigenvalue weighted by Crippen LogP contribution is 2.32. The van der Waals surface area contributed by atoms with Crippen LogP contribution in [-0.2, 0) is 24.2 Å². The zero-order valence-corrected chi connectivity index (χ0v) is 21.2. The summed E-state index contributed by atoms with van der Waals surface area (Å²) < 4.78 is 20.6. The van der Waals surface area contributed by atoms with Gasteiger partial charge in [-0.05, 0) is 37.4 Å². The predicted octanol–water partition coefficient (Wildman–Crippen LogP) is 3.21. The first-order chi connectivity index (χ1) is 16.9. The lowest BCUT2D eigenvalue weighted by molar-refractivity contribution is 0.0346. The first-order valence-electron chi connectivity index (χ1n) is 11.3. The lowest BCUT2D eigenvalue weighted by Gasteiger charge is -2.25. The summed E-state index contributed by atoms with van der Waals surface area (Å²) in [5, 5.41) is 11.1. The van der Waals surface area contributed by atoms with Crippen LogP contribution in [0, 0.1) is 5.82 Å². The molecule has 5 rings (SSSR count). The molecule has 0 saturated carbocycles. The van der Waals surface area contributed by atoms with Crippen molar-refractivity contribution in [1.82, 2.24) is 24.2 Å². The lowest BCUT2D eigenvalue weighted by atomic mass is 10.0. The van der Waals surface area contributed by atoms with Gasteiger partial charge in [-0.25, -0.2) is 14.4 Å². The van der Waals surface area contributed by atoms with Crippen molar-refractivity contribution in [3.05, 3.63) is 67.6 Å². The van der Waals surface area contributed by atoms with Gasteiger partial charge in [0.2, 0.25) is 5.75 Å². The topological polar surface area (TPSA) is 83.2 Å². The first-order valence-corrected chi connectivity index (χ1v) is 12.9. The van der Waals surface area contributed by atoms with Crippen molar-refractivity contribution in [2.45, 2.75) is 19.5 Å². The van der Waals surface area contributed by atoms with E-state index in [-0.39, 0.29) is 11.5 Å². The van der Waals surface area contributed by atoms with Crippen LogP contribution in [0.4, 0.5) is 4.39 Å². The molecule has 11 heteroatoms. The Labute approximate surface area is 209 Å². The molecule has 1 fully saturated rings. The molecule has 35 heavy (non-hydrogen) atoms. The minimum atomic E-state index is -0.502. The van der Waals surface area contributed by atoms with Gasteiger partial charge in [0.05, 0.1) is 13.2 Å². The summed E-state index contributed by atoms with van der Waals surface area (Å²) in [5.41, 5.74) is 1.61. The smallest absolute Gasteiger partial charge is 0.301 e. The number of benzene rings is 1. The summed E-state index contributed by atoms with van der Waals surface area (Å²) in [7, 11) is 3.89. The number of rotatable bonds is 7. The highest BCUT2D eigenvalue weighted by Gasteiger charge is 2.20. The third-order valence-electron chi connectivity index (χ3n) is 5.81. The molecule has 4 aromatic rings. The molecular formula is C24H26FN5O3S2. The van der Waals surface area contributed by atoms with Crippen molar-refractivity contribution in [1.29, 1.82) is 0 Å². The van der Waals surface area contributed by atoms with Crippen LogP contribution in [0.2, 0.25) is 0 Å². The van der Waals surface area contributed by atoms with Crippen LogP contribution in [0.15, 0.2) is 35.4 Å². The number of morpholine rings is 1. The van der Waals surface area contributed by atoms with Gasteiger partial charge in [0.15, 0.2) is 4.96 Å². The highest BCUT2D eigenvalue weighted by atomic mass is 32.1. The average Bonchev–Trinajstić information content (AvgIpc) is 3.45. The van der Waals surface area contributed by atoms with Crippen LogP contribution in [0.1, 0.15) is 20.9 Å². The Morgan fingerprint density at radius 3 is 2.74 bits per heavy atom. The summed E-state index contributed by atoms with van der Waals surface area (Å²) in [6.45, 7) is 4.43. The van der Waals surface area contributed by atoms with Gasteiger partial charge in [-0.15, -0.1) is 11.3 Å². The molecule has 0 atom stereocenters. The van der Waals surface area contributed by atoms with E-state index in [9.17, 15) is 14.3 Å². The number of nitrogens with zero attached hydrogens (tertiary/aromatic N) is 5. The van der Waals surface area contributed by atoms with Gasteiger partial charge in [-0.1, -0.05) is 17.4 Å². The molecule has 1 aromatic carbocycles. The van der Waals surface area contributed by atoms with Gasteiger partial charge in [0, 0.05) is 54.7 Å². The lowest BCUT2D eigenvalue weighted by Crippen LogP contribution is -2.35. The molecule has 0 radical (unpaired) electrons. The molecule has 0 amide bonds. The molecular weight excluding hydrogens is 489 g/mol. The zero-order valence-electron chi connectivity index (χ0n) is 19.5.